The molecule has 4 aliphatic rings. The van der Waals surface area contributed by atoms with Crippen LogP contribution in [-0.2, 0) is 6.42 Å². The van der Waals surface area contributed by atoms with Gasteiger partial charge in [0, 0.05) is 6.04 Å². The molecule has 0 radical (unpaired) electrons. The molecule has 1 aromatic carbocycles. The van der Waals surface area contributed by atoms with Gasteiger partial charge in [0.25, 0.3) is 0 Å². The lowest BCUT2D eigenvalue weighted by molar-refractivity contribution is -0.0667. The summed E-state index contributed by atoms with van der Waals surface area (Å²) < 4.78 is 13.5. The van der Waals surface area contributed by atoms with Crippen LogP contribution in [0.4, 0.5) is 4.39 Å². The fraction of sp³-hybridized carbons (Fsp3) is 0.684. The van der Waals surface area contributed by atoms with Gasteiger partial charge in [-0.05, 0) is 98.3 Å². The first kappa shape index (κ1) is 13.8. The van der Waals surface area contributed by atoms with Gasteiger partial charge in [0.05, 0.1) is 0 Å². The van der Waals surface area contributed by atoms with Crippen molar-refractivity contribution in [1.82, 2.24) is 0 Å². The molecule has 2 N–H and O–H groups in total. The van der Waals surface area contributed by atoms with E-state index in [2.05, 4.69) is 6.92 Å². The van der Waals surface area contributed by atoms with Gasteiger partial charge in [-0.3, -0.25) is 0 Å². The van der Waals surface area contributed by atoms with Gasteiger partial charge < -0.3 is 5.73 Å². The molecular weight excluding hydrogens is 261 g/mol. The van der Waals surface area contributed by atoms with Gasteiger partial charge in [0.15, 0.2) is 0 Å². The zero-order valence-electron chi connectivity index (χ0n) is 12.9. The zero-order valence-corrected chi connectivity index (χ0v) is 12.9. The van der Waals surface area contributed by atoms with Crippen LogP contribution in [0.2, 0.25) is 0 Å². The quantitative estimate of drug-likeness (QED) is 0.885. The Bertz CT molecular complexity index is 515. The van der Waals surface area contributed by atoms with Crippen molar-refractivity contribution in [2.45, 2.75) is 57.9 Å². The maximum Gasteiger partial charge on any atom is 0.123 e. The van der Waals surface area contributed by atoms with Crippen LogP contribution in [0.1, 0.15) is 49.7 Å². The predicted octanol–water partition coefficient (Wildman–Crippen LogP) is 4.22. The van der Waals surface area contributed by atoms with Gasteiger partial charge in [-0.2, -0.15) is 0 Å². The van der Waals surface area contributed by atoms with Gasteiger partial charge in [-0.1, -0.05) is 6.07 Å². The van der Waals surface area contributed by atoms with E-state index in [4.69, 9.17) is 5.73 Å². The van der Waals surface area contributed by atoms with Crippen molar-refractivity contribution in [3.8, 4) is 0 Å². The van der Waals surface area contributed by atoms with E-state index >= 15 is 0 Å². The van der Waals surface area contributed by atoms with E-state index < -0.39 is 0 Å². The highest BCUT2D eigenvalue weighted by atomic mass is 19.1. The second-order valence-corrected chi connectivity index (χ2v) is 8.16. The molecule has 4 fully saturated rings. The summed E-state index contributed by atoms with van der Waals surface area (Å²) >= 11 is 0. The fourth-order valence-corrected chi connectivity index (χ4v) is 5.95. The molecule has 21 heavy (non-hydrogen) atoms. The van der Waals surface area contributed by atoms with Crippen LogP contribution >= 0.6 is 0 Å². The van der Waals surface area contributed by atoms with Crippen molar-refractivity contribution in [3.05, 3.63) is 35.1 Å². The monoisotopic (exact) mass is 287 g/mol. The molecule has 0 amide bonds. The Labute approximate surface area is 127 Å². The van der Waals surface area contributed by atoms with Crippen molar-refractivity contribution in [2.24, 2.45) is 28.9 Å². The van der Waals surface area contributed by atoms with Crippen molar-refractivity contribution in [2.75, 3.05) is 0 Å². The topological polar surface area (TPSA) is 26.0 Å². The van der Waals surface area contributed by atoms with Gasteiger partial charge in [0.1, 0.15) is 5.82 Å². The Morgan fingerprint density at radius 2 is 1.71 bits per heavy atom. The molecule has 1 nitrogen and oxygen atoms in total. The molecule has 114 valence electrons. The number of rotatable bonds is 3. The third-order valence-electron chi connectivity index (χ3n) is 6.62. The summed E-state index contributed by atoms with van der Waals surface area (Å²) in [7, 11) is 0. The summed E-state index contributed by atoms with van der Waals surface area (Å²) in [6, 6.07) is 5.33. The Hall–Kier alpha value is -0.890. The Morgan fingerprint density at radius 3 is 2.29 bits per heavy atom. The van der Waals surface area contributed by atoms with E-state index in [0.29, 0.717) is 5.41 Å². The number of nitrogens with two attached hydrogens (primary N) is 1. The molecule has 1 atom stereocenters. The first-order valence-electron chi connectivity index (χ1n) is 8.55. The van der Waals surface area contributed by atoms with Gasteiger partial charge >= 0.3 is 0 Å². The molecule has 0 saturated heterocycles. The van der Waals surface area contributed by atoms with E-state index in [9.17, 15) is 4.39 Å². The van der Waals surface area contributed by atoms with E-state index in [1.54, 1.807) is 12.1 Å². The highest BCUT2D eigenvalue weighted by molar-refractivity contribution is 5.28. The highest BCUT2D eigenvalue weighted by Crippen LogP contribution is 2.61. The van der Waals surface area contributed by atoms with Crippen LogP contribution in [0.5, 0.6) is 0 Å². The molecule has 2 heteroatoms. The average Bonchev–Trinajstić information content (AvgIpc) is 2.41. The van der Waals surface area contributed by atoms with E-state index in [1.165, 1.54) is 44.1 Å². The Morgan fingerprint density at radius 1 is 1.14 bits per heavy atom. The zero-order chi connectivity index (χ0) is 14.6. The molecule has 0 aromatic heterocycles. The molecule has 0 aliphatic heterocycles. The summed E-state index contributed by atoms with van der Waals surface area (Å²) in [5, 5.41) is 0. The second kappa shape index (κ2) is 4.81. The number of benzene rings is 1. The smallest absolute Gasteiger partial charge is 0.123 e. The second-order valence-electron chi connectivity index (χ2n) is 8.16. The molecule has 0 heterocycles. The first-order chi connectivity index (χ1) is 10.0. The molecular formula is C19H26FN. The standard InChI is InChI=1S/C19H26FN/c1-12-2-3-17(20)7-16(12)8-18(21)19-9-13-4-14(10-19)6-15(5-13)11-19/h2-3,7,13-15,18H,4-6,8-11,21H2,1H3. The average molecular weight is 287 g/mol. The summed E-state index contributed by atoms with van der Waals surface area (Å²) in [4.78, 5) is 0. The van der Waals surface area contributed by atoms with Crippen molar-refractivity contribution >= 4 is 0 Å². The predicted molar refractivity (Wildman–Crippen MR) is 83.4 cm³/mol. The largest absolute Gasteiger partial charge is 0.327 e. The fourth-order valence-electron chi connectivity index (χ4n) is 5.95. The van der Waals surface area contributed by atoms with Crippen LogP contribution in [-0.4, -0.2) is 6.04 Å². The van der Waals surface area contributed by atoms with Crippen molar-refractivity contribution in [1.29, 1.82) is 0 Å². The van der Waals surface area contributed by atoms with E-state index in [-0.39, 0.29) is 11.9 Å². The molecule has 4 bridgehead atoms. The molecule has 0 spiro atoms. The van der Waals surface area contributed by atoms with Gasteiger partial charge in [0.2, 0.25) is 0 Å². The minimum atomic E-state index is -0.131. The minimum absolute atomic E-state index is 0.131. The lowest BCUT2D eigenvalue weighted by Gasteiger charge is -2.59. The van der Waals surface area contributed by atoms with Crippen molar-refractivity contribution in [3.63, 3.8) is 0 Å². The van der Waals surface area contributed by atoms with Crippen LogP contribution < -0.4 is 5.73 Å². The number of hydrogen-bond acceptors (Lipinski definition) is 1. The van der Waals surface area contributed by atoms with Crippen LogP contribution in [0.3, 0.4) is 0 Å². The third-order valence-corrected chi connectivity index (χ3v) is 6.62. The lowest BCUT2D eigenvalue weighted by atomic mass is 9.47. The van der Waals surface area contributed by atoms with Crippen LogP contribution in [0.15, 0.2) is 18.2 Å². The molecule has 5 rings (SSSR count). The normalized spacial score (nSPS) is 38.7. The van der Waals surface area contributed by atoms with Gasteiger partial charge in [-0.25, -0.2) is 4.39 Å². The minimum Gasteiger partial charge on any atom is -0.327 e. The molecule has 4 saturated carbocycles. The number of halogens is 1. The summed E-state index contributed by atoms with van der Waals surface area (Å²) in [5.74, 6) is 2.65. The number of aryl methyl sites for hydroxylation is 1. The molecule has 4 aliphatic carbocycles. The van der Waals surface area contributed by atoms with Crippen LogP contribution in [0.25, 0.3) is 0 Å². The van der Waals surface area contributed by atoms with E-state index in [1.807, 2.05) is 6.07 Å². The Kier molecular flexibility index (Phi) is 3.15. The van der Waals surface area contributed by atoms with Crippen LogP contribution in [0, 0.1) is 35.9 Å². The molecule has 1 aromatic rings. The van der Waals surface area contributed by atoms with Gasteiger partial charge in [-0.15, -0.1) is 0 Å². The van der Waals surface area contributed by atoms with E-state index in [0.717, 1.165) is 29.7 Å². The van der Waals surface area contributed by atoms with Crippen molar-refractivity contribution < 1.29 is 4.39 Å². The molecule has 1 unspecified atom stereocenters. The summed E-state index contributed by atoms with van der Waals surface area (Å²) in [6.07, 6.45) is 9.17. The maximum absolute atomic E-state index is 13.5. The maximum atomic E-state index is 13.5. The summed E-state index contributed by atoms with van der Waals surface area (Å²) in [5.41, 5.74) is 9.34. The summed E-state index contributed by atoms with van der Waals surface area (Å²) in [6.45, 7) is 2.07. The first-order valence-corrected chi connectivity index (χ1v) is 8.55. The Balaban J connectivity index is 1.57. The third kappa shape index (κ3) is 2.32. The highest BCUT2D eigenvalue weighted by Gasteiger charge is 2.53. The number of hydrogen-bond donors (Lipinski definition) is 1. The SMILES string of the molecule is Cc1ccc(F)cc1CC(N)C12CC3CC(CC(C3)C1)C2. The lowest BCUT2D eigenvalue weighted by Crippen LogP contribution is -2.55.